The molecule has 0 saturated carbocycles. The van der Waals surface area contributed by atoms with Gasteiger partial charge in [-0.05, 0) is 41.3 Å². The third-order valence-corrected chi connectivity index (χ3v) is 4.42. The Morgan fingerprint density at radius 2 is 2.06 bits per heavy atom. The van der Waals surface area contributed by atoms with Crippen molar-refractivity contribution >= 4 is 37.4 Å². The van der Waals surface area contributed by atoms with E-state index in [1.54, 1.807) is 11.3 Å². The van der Waals surface area contributed by atoms with E-state index in [2.05, 4.69) is 45.2 Å². The summed E-state index contributed by atoms with van der Waals surface area (Å²) in [7, 11) is 0. The number of benzene rings is 1. The molecule has 4 heteroatoms. The molecule has 90 valence electrons. The first-order chi connectivity index (χ1) is 8.76. The number of nitrogens with zero attached hydrogens (tertiary/aromatic N) is 1. The standard InChI is InChI=1S/C14H11BrN2S/c15-11-2-4-13-10(5-11)6-14(18-13)12-3-1-9(7-16)8-17-12/h1-6,8H,7,16H2. The van der Waals surface area contributed by atoms with Gasteiger partial charge in [0, 0.05) is 21.9 Å². The highest BCUT2D eigenvalue weighted by molar-refractivity contribution is 9.10. The minimum Gasteiger partial charge on any atom is -0.326 e. The Kier molecular flexibility index (Phi) is 3.16. The topological polar surface area (TPSA) is 38.9 Å². The number of hydrogen-bond acceptors (Lipinski definition) is 3. The Morgan fingerprint density at radius 1 is 1.17 bits per heavy atom. The maximum absolute atomic E-state index is 5.57. The molecule has 2 N–H and O–H groups in total. The van der Waals surface area contributed by atoms with Gasteiger partial charge in [0.1, 0.15) is 0 Å². The summed E-state index contributed by atoms with van der Waals surface area (Å²) in [5.41, 5.74) is 7.64. The predicted octanol–water partition coefficient (Wildman–Crippen LogP) is 4.18. The van der Waals surface area contributed by atoms with E-state index in [4.69, 9.17) is 5.73 Å². The zero-order valence-corrected chi connectivity index (χ0v) is 12.0. The monoisotopic (exact) mass is 318 g/mol. The molecule has 0 aliphatic heterocycles. The molecule has 1 aromatic carbocycles. The van der Waals surface area contributed by atoms with Crippen LogP contribution in [0.25, 0.3) is 20.7 Å². The van der Waals surface area contributed by atoms with Gasteiger partial charge in [0.25, 0.3) is 0 Å². The van der Waals surface area contributed by atoms with Crippen LogP contribution in [0.3, 0.4) is 0 Å². The first-order valence-corrected chi connectivity index (χ1v) is 7.22. The fourth-order valence-corrected chi connectivity index (χ4v) is 3.23. The number of nitrogens with two attached hydrogens (primary N) is 1. The molecule has 0 aliphatic rings. The number of fused-ring (bicyclic) bond motifs is 1. The van der Waals surface area contributed by atoms with Crippen molar-refractivity contribution in [2.75, 3.05) is 0 Å². The van der Waals surface area contributed by atoms with Crippen molar-refractivity contribution in [1.29, 1.82) is 0 Å². The predicted molar refractivity (Wildman–Crippen MR) is 80.6 cm³/mol. The van der Waals surface area contributed by atoms with E-state index in [0.717, 1.165) is 15.7 Å². The molecule has 0 atom stereocenters. The first-order valence-electron chi connectivity index (χ1n) is 5.61. The molecule has 3 rings (SSSR count). The van der Waals surface area contributed by atoms with E-state index in [0.29, 0.717) is 6.54 Å². The normalized spacial score (nSPS) is 11.0. The molecule has 18 heavy (non-hydrogen) atoms. The Bertz CT molecular complexity index is 689. The van der Waals surface area contributed by atoms with E-state index in [9.17, 15) is 0 Å². The Hall–Kier alpha value is -1.23. The average Bonchev–Trinajstić information content (AvgIpc) is 2.81. The molecule has 0 unspecified atom stereocenters. The number of pyridine rings is 1. The third kappa shape index (κ3) is 2.19. The minimum atomic E-state index is 0.534. The van der Waals surface area contributed by atoms with E-state index < -0.39 is 0 Å². The van der Waals surface area contributed by atoms with Gasteiger partial charge in [0.15, 0.2) is 0 Å². The van der Waals surface area contributed by atoms with Crippen molar-refractivity contribution in [3.8, 4) is 10.6 Å². The van der Waals surface area contributed by atoms with Crippen LogP contribution >= 0.6 is 27.3 Å². The maximum Gasteiger partial charge on any atom is 0.0802 e. The zero-order chi connectivity index (χ0) is 12.5. The van der Waals surface area contributed by atoms with E-state index >= 15 is 0 Å². The Labute approximate surface area is 118 Å². The molecule has 3 aromatic rings. The van der Waals surface area contributed by atoms with Crippen molar-refractivity contribution in [3.63, 3.8) is 0 Å². The molecular weight excluding hydrogens is 308 g/mol. The van der Waals surface area contributed by atoms with Crippen LogP contribution in [0.2, 0.25) is 0 Å². The van der Waals surface area contributed by atoms with Gasteiger partial charge in [-0.3, -0.25) is 4.98 Å². The smallest absolute Gasteiger partial charge is 0.0802 e. The van der Waals surface area contributed by atoms with Gasteiger partial charge < -0.3 is 5.73 Å². The molecule has 2 nitrogen and oxygen atoms in total. The number of thiophene rings is 1. The number of rotatable bonds is 2. The lowest BCUT2D eigenvalue weighted by Gasteiger charge is -1.98. The third-order valence-electron chi connectivity index (χ3n) is 2.79. The molecular formula is C14H11BrN2S. The van der Waals surface area contributed by atoms with Crippen LogP contribution < -0.4 is 5.73 Å². The molecule has 0 fully saturated rings. The van der Waals surface area contributed by atoms with E-state index in [1.807, 2.05) is 18.3 Å². The van der Waals surface area contributed by atoms with Crippen LogP contribution in [0.1, 0.15) is 5.56 Å². The lowest BCUT2D eigenvalue weighted by Crippen LogP contribution is -1.96. The van der Waals surface area contributed by atoms with Gasteiger partial charge in [-0.1, -0.05) is 22.0 Å². The van der Waals surface area contributed by atoms with Crippen molar-refractivity contribution < 1.29 is 0 Å². The summed E-state index contributed by atoms with van der Waals surface area (Å²) in [6, 6.07) is 12.6. The summed E-state index contributed by atoms with van der Waals surface area (Å²) in [5.74, 6) is 0. The highest BCUT2D eigenvalue weighted by Gasteiger charge is 2.05. The summed E-state index contributed by atoms with van der Waals surface area (Å²) in [6.45, 7) is 0.534. The van der Waals surface area contributed by atoms with Crippen molar-refractivity contribution in [1.82, 2.24) is 4.98 Å². The van der Waals surface area contributed by atoms with Crippen LogP contribution in [-0.4, -0.2) is 4.98 Å². The Balaban J connectivity index is 2.07. The fourth-order valence-electron chi connectivity index (χ4n) is 1.83. The second kappa shape index (κ2) is 4.80. The van der Waals surface area contributed by atoms with Crippen LogP contribution in [0.5, 0.6) is 0 Å². The minimum absolute atomic E-state index is 0.534. The summed E-state index contributed by atoms with van der Waals surface area (Å²) in [5, 5.41) is 1.24. The number of hydrogen-bond donors (Lipinski definition) is 1. The molecule has 0 radical (unpaired) electrons. The van der Waals surface area contributed by atoms with Crippen LogP contribution in [0.4, 0.5) is 0 Å². The van der Waals surface area contributed by atoms with Gasteiger partial charge in [0.2, 0.25) is 0 Å². The molecule has 2 heterocycles. The zero-order valence-electron chi connectivity index (χ0n) is 9.56. The molecule has 2 aromatic heterocycles. The molecule has 0 amide bonds. The summed E-state index contributed by atoms with van der Waals surface area (Å²) in [4.78, 5) is 5.64. The van der Waals surface area contributed by atoms with Crippen molar-refractivity contribution in [2.24, 2.45) is 5.73 Å². The quantitative estimate of drug-likeness (QED) is 0.769. The second-order valence-corrected chi connectivity index (χ2v) is 6.05. The van der Waals surface area contributed by atoms with Gasteiger partial charge in [-0.15, -0.1) is 11.3 Å². The van der Waals surface area contributed by atoms with Crippen LogP contribution in [0, 0.1) is 0 Å². The van der Waals surface area contributed by atoms with Crippen LogP contribution in [0.15, 0.2) is 47.1 Å². The highest BCUT2D eigenvalue weighted by Crippen LogP contribution is 2.33. The lowest BCUT2D eigenvalue weighted by atomic mass is 10.2. The number of halogens is 1. The average molecular weight is 319 g/mol. The molecule has 0 aliphatic carbocycles. The van der Waals surface area contributed by atoms with Crippen molar-refractivity contribution in [2.45, 2.75) is 6.54 Å². The number of aromatic nitrogens is 1. The van der Waals surface area contributed by atoms with Gasteiger partial charge in [-0.25, -0.2) is 0 Å². The van der Waals surface area contributed by atoms with E-state index in [-0.39, 0.29) is 0 Å². The molecule has 0 bridgehead atoms. The van der Waals surface area contributed by atoms with E-state index in [1.165, 1.54) is 15.0 Å². The summed E-state index contributed by atoms with van der Waals surface area (Å²) in [6.07, 6.45) is 1.84. The highest BCUT2D eigenvalue weighted by atomic mass is 79.9. The largest absolute Gasteiger partial charge is 0.326 e. The SMILES string of the molecule is NCc1ccc(-c2cc3cc(Br)ccc3s2)nc1. The summed E-state index contributed by atoms with van der Waals surface area (Å²) < 4.78 is 2.38. The molecule has 0 spiro atoms. The Morgan fingerprint density at radius 3 is 2.78 bits per heavy atom. The van der Waals surface area contributed by atoms with Gasteiger partial charge >= 0.3 is 0 Å². The fraction of sp³-hybridized carbons (Fsp3) is 0.0714. The first kappa shape index (κ1) is 11.8. The maximum atomic E-state index is 5.57. The van der Waals surface area contributed by atoms with Crippen molar-refractivity contribution in [3.05, 3.63) is 52.6 Å². The second-order valence-electron chi connectivity index (χ2n) is 4.05. The molecule has 0 saturated heterocycles. The van der Waals surface area contributed by atoms with Gasteiger partial charge in [-0.2, -0.15) is 0 Å². The van der Waals surface area contributed by atoms with Crippen LogP contribution in [-0.2, 0) is 6.54 Å². The van der Waals surface area contributed by atoms with Gasteiger partial charge in [0.05, 0.1) is 10.6 Å². The lowest BCUT2D eigenvalue weighted by molar-refractivity contribution is 1.05. The summed E-state index contributed by atoms with van der Waals surface area (Å²) >= 11 is 5.25.